The van der Waals surface area contributed by atoms with Gasteiger partial charge >= 0.3 is 0 Å². The number of carbonyl (C=O) groups is 1. The summed E-state index contributed by atoms with van der Waals surface area (Å²) in [4.78, 5) is 32.8. The first-order valence-corrected chi connectivity index (χ1v) is 13.5. The van der Waals surface area contributed by atoms with Crippen molar-refractivity contribution in [2.24, 2.45) is 0 Å². The number of piperazine rings is 1. The van der Waals surface area contributed by atoms with Gasteiger partial charge < -0.3 is 25.2 Å². The second-order valence-corrected chi connectivity index (χ2v) is 10.2. The minimum absolute atomic E-state index is 0.0846. The van der Waals surface area contributed by atoms with E-state index < -0.39 is 0 Å². The maximum absolute atomic E-state index is 13.4. The van der Waals surface area contributed by atoms with Gasteiger partial charge in [-0.2, -0.15) is 4.98 Å². The van der Waals surface area contributed by atoms with Crippen LogP contribution in [0.1, 0.15) is 11.1 Å². The van der Waals surface area contributed by atoms with Crippen molar-refractivity contribution in [3.8, 4) is 5.75 Å². The number of pyridine rings is 1. The quantitative estimate of drug-likeness (QED) is 0.343. The molecule has 0 aliphatic carbocycles. The van der Waals surface area contributed by atoms with Crippen LogP contribution in [0.25, 0.3) is 0 Å². The Kier molecular flexibility index (Phi) is 7.34. The molecule has 2 N–H and O–H groups in total. The molecule has 2 aromatic heterocycles. The fourth-order valence-electron chi connectivity index (χ4n) is 4.81. The van der Waals surface area contributed by atoms with Gasteiger partial charge in [-0.1, -0.05) is 18.2 Å². The smallest absolute Gasteiger partial charge is 0.266 e. The van der Waals surface area contributed by atoms with Gasteiger partial charge in [-0.05, 0) is 62.0 Å². The minimum Gasteiger partial charge on any atom is -0.480 e. The van der Waals surface area contributed by atoms with Crippen LogP contribution < -0.4 is 25.2 Å². The summed E-state index contributed by atoms with van der Waals surface area (Å²) in [5, 5.41) is 6.58. The van der Waals surface area contributed by atoms with Crippen molar-refractivity contribution in [3.05, 3.63) is 83.8 Å². The molecule has 0 bridgehead atoms. The maximum Gasteiger partial charge on any atom is 0.266 e. The number of anilines is 6. The van der Waals surface area contributed by atoms with Gasteiger partial charge in [0.1, 0.15) is 17.5 Å². The Morgan fingerprint density at radius 2 is 1.78 bits per heavy atom. The number of benzene rings is 2. The number of hydrogen-bond acceptors (Lipinski definition) is 9. The van der Waals surface area contributed by atoms with Crippen LogP contribution in [0.5, 0.6) is 5.75 Å². The van der Waals surface area contributed by atoms with Gasteiger partial charge in [0.25, 0.3) is 5.91 Å². The molecule has 0 saturated carbocycles. The zero-order chi connectivity index (χ0) is 28.3. The van der Waals surface area contributed by atoms with Gasteiger partial charge in [-0.15, -0.1) is 0 Å². The summed E-state index contributed by atoms with van der Waals surface area (Å²) in [6.45, 7) is 6.12. The van der Waals surface area contributed by atoms with Gasteiger partial charge in [-0.3, -0.25) is 9.69 Å². The van der Waals surface area contributed by atoms with E-state index in [1.54, 1.807) is 35.4 Å². The number of carbonyl (C=O) groups excluding carboxylic acids is 1. The fraction of sp³-hybridized carbons (Fsp3) is 0.267. The van der Waals surface area contributed by atoms with Crippen LogP contribution in [0, 0.1) is 12.7 Å². The largest absolute Gasteiger partial charge is 0.480 e. The van der Waals surface area contributed by atoms with E-state index in [1.807, 2.05) is 19.1 Å². The number of fused-ring (bicyclic) bond motifs is 1. The highest BCUT2D eigenvalue weighted by Crippen LogP contribution is 2.33. The summed E-state index contributed by atoms with van der Waals surface area (Å²) < 4.78 is 19.0. The highest BCUT2D eigenvalue weighted by atomic mass is 19.1. The van der Waals surface area contributed by atoms with E-state index >= 15 is 0 Å². The maximum atomic E-state index is 13.4. The molecule has 41 heavy (non-hydrogen) atoms. The zero-order valence-electron chi connectivity index (χ0n) is 23.0. The van der Waals surface area contributed by atoms with Crippen molar-refractivity contribution < 1.29 is 13.9 Å². The first-order chi connectivity index (χ1) is 19.9. The summed E-state index contributed by atoms with van der Waals surface area (Å²) in [5.41, 5.74) is 3.67. The lowest BCUT2D eigenvalue weighted by Crippen LogP contribution is -2.44. The van der Waals surface area contributed by atoms with Crippen LogP contribution in [0.4, 0.5) is 39.2 Å². The molecule has 2 aromatic carbocycles. The molecule has 2 aliphatic rings. The van der Waals surface area contributed by atoms with Gasteiger partial charge in [0.15, 0.2) is 18.2 Å². The van der Waals surface area contributed by atoms with Crippen LogP contribution in [0.2, 0.25) is 0 Å². The molecular weight excluding hydrogens is 523 g/mol. The molecule has 4 heterocycles. The Hall–Kier alpha value is -4.77. The molecule has 2 aliphatic heterocycles. The van der Waals surface area contributed by atoms with E-state index in [1.165, 1.54) is 12.1 Å². The number of likely N-dealkylation sites (N-methyl/N-ethyl adjacent to an activating group) is 1. The lowest BCUT2D eigenvalue weighted by Gasteiger charge is -2.34. The first kappa shape index (κ1) is 26.5. The molecule has 1 fully saturated rings. The topological polar surface area (TPSA) is 98.8 Å². The van der Waals surface area contributed by atoms with Crippen molar-refractivity contribution in [2.75, 3.05) is 60.3 Å². The highest BCUT2D eigenvalue weighted by molar-refractivity contribution is 5.96. The molecule has 6 rings (SSSR count). The Morgan fingerprint density at radius 3 is 2.59 bits per heavy atom. The molecule has 0 unspecified atom stereocenters. The fourth-order valence-corrected chi connectivity index (χ4v) is 4.81. The normalized spacial score (nSPS) is 15.3. The second-order valence-electron chi connectivity index (χ2n) is 10.2. The Bertz CT molecular complexity index is 1560. The summed E-state index contributed by atoms with van der Waals surface area (Å²) in [5.74, 6) is 1.86. The van der Waals surface area contributed by atoms with E-state index in [2.05, 4.69) is 49.6 Å². The van der Waals surface area contributed by atoms with Crippen LogP contribution >= 0.6 is 0 Å². The summed E-state index contributed by atoms with van der Waals surface area (Å²) in [6, 6.07) is 17.9. The van der Waals surface area contributed by atoms with Crippen LogP contribution in [-0.2, 0) is 11.3 Å². The number of aromatic nitrogens is 3. The van der Waals surface area contributed by atoms with Gasteiger partial charge in [0.2, 0.25) is 5.95 Å². The molecule has 11 heteroatoms. The summed E-state index contributed by atoms with van der Waals surface area (Å²) in [6.07, 6.45) is 1.74. The van der Waals surface area contributed by atoms with E-state index in [0.717, 1.165) is 48.7 Å². The lowest BCUT2D eigenvalue weighted by molar-refractivity contribution is -0.121. The van der Waals surface area contributed by atoms with Crippen molar-refractivity contribution >= 4 is 40.7 Å². The molecule has 1 saturated heterocycles. The molecule has 0 spiro atoms. The predicted octanol–water partition coefficient (Wildman–Crippen LogP) is 4.48. The number of nitrogens with zero attached hydrogens (tertiary/aromatic N) is 6. The Labute approximate surface area is 237 Å². The number of rotatable bonds is 7. The number of hydrogen-bond donors (Lipinski definition) is 2. The Balaban J connectivity index is 1.20. The minimum atomic E-state index is -0.330. The molecule has 1 amide bonds. The third kappa shape index (κ3) is 6.04. The monoisotopic (exact) mass is 554 g/mol. The third-order valence-electron chi connectivity index (χ3n) is 7.19. The zero-order valence-corrected chi connectivity index (χ0v) is 23.0. The number of amides is 1. The number of ether oxygens (including phenoxy) is 1. The SMILES string of the molecule is Cc1cnc(Nc2cccc(N3CCN(C)CC3)c2)nc1Nc1ccc2c(n1)N(Cc1ccc(F)cc1)C(=O)CO2. The number of halogens is 1. The van der Waals surface area contributed by atoms with E-state index in [4.69, 9.17) is 9.72 Å². The van der Waals surface area contributed by atoms with E-state index in [-0.39, 0.29) is 24.9 Å². The standard InChI is InChI=1S/C30H31FN8O2/c1-20-17-32-30(33-23-4-3-5-24(16-23)38-14-12-37(2)13-15-38)36-28(20)34-26-11-10-25-29(35-26)39(27(40)19-41-25)18-21-6-8-22(31)9-7-21/h3-11,16-17H,12-15,18-19H2,1-2H3,(H2,32,33,34,35,36). The lowest BCUT2D eigenvalue weighted by atomic mass is 10.2. The van der Waals surface area contributed by atoms with Gasteiger partial charge in [0.05, 0.1) is 6.54 Å². The van der Waals surface area contributed by atoms with E-state index in [9.17, 15) is 9.18 Å². The Morgan fingerprint density at radius 1 is 0.976 bits per heavy atom. The predicted molar refractivity (Wildman–Crippen MR) is 157 cm³/mol. The summed E-state index contributed by atoms with van der Waals surface area (Å²) >= 11 is 0. The molecule has 0 radical (unpaired) electrons. The van der Waals surface area contributed by atoms with Crippen molar-refractivity contribution in [1.82, 2.24) is 19.9 Å². The number of nitrogens with one attached hydrogen (secondary N) is 2. The molecular formula is C30H31FN8O2. The summed E-state index contributed by atoms with van der Waals surface area (Å²) in [7, 11) is 2.15. The van der Waals surface area contributed by atoms with Crippen molar-refractivity contribution in [3.63, 3.8) is 0 Å². The van der Waals surface area contributed by atoms with Gasteiger partial charge in [0, 0.05) is 49.3 Å². The van der Waals surface area contributed by atoms with Crippen molar-refractivity contribution in [2.45, 2.75) is 13.5 Å². The van der Waals surface area contributed by atoms with Crippen molar-refractivity contribution in [1.29, 1.82) is 0 Å². The van der Waals surface area contributed by atoms with Crippen LogP contribution in [-0.4, -0.2) is 65.6 Å². The first-order valence-electron chi connectivity index (χ1n) is 13.5. The molecule has 0 atom stereocenters. The average Bonchev–Trinajstić information content (AvgIpc) is 2.98. The molecule has 4 aromatic rings. The average molecular weight is 555 g/mol. The number of aryl methyl sites for hydroxylation is 1. The molecule has 210 valence electrons. The molecule has 10 nitrogen and oxygen atoms in total. The van der Waals surface area contributed by atoms with E-state index in [0.29, 0.717) is 29.2 Å². The van der Waals surface area contributed by atoms with Crippen LogP contribution in [0.15, 0.2) is 66.9 Å². The highest BCUT2D eigenvalue weighted by Gasteiger charge is 2.27. The van der Waals surface area contributed by atoms with Crippen LogP contribution in [0.3, 0.4) is 0 Å². The third-order valence-corrected chi connectivity index (χ3v) is 7.19. The second kappa shape index (κ2) is 11.4. The van der Waals surface area contributed by atoms with Gasteiger partial charge in [-0.25, -0.2) is 14.4 Å².